The molecular weight excluding hydrogens is 250 g/mol. The van der Waals surface area contributed by atoms with Gasteiger partial charge in [0, 0.05) is 11.6 Å². The Bertz CT molecular complexity index is 618. The van der Waals surface area contributed by atoms with Crippen molar-refractivity contribution in [2.24, 2.45) is 5.92 Å². The molecule has 104 valence electrons. The maximum Gasteiger partial charge on any atom is 0.307 e. The van der Waals surface area contributed by atoms with E-state index in [1.54, 1.807) is 6.20 Å². The molecule has 3 rings (SSSR count). The zero-order valence-corrected chi connectivity index (χ0v) is 11.5. The highest BCUT2D eigenvalue weighted by atomic mass is 16.4. The number of hydrogen-bond donors (Lipinski definition) is 1. The second-order valence-electron chi connectivity index (χ2n) is 5.61. The number of fused-ring (bicyclic) bond motifs is 1. The first-order valence-electron chi connectivity index (χ1n) is 7.34. The van der Waals surface area contributed by atoms with Gasteiger partial charge in [-0.1, -0.05) is 43.5 Å². The van der Waals surface area contributed by atoms with Gasteiger partial charge in [0.05, 0.1) is 11.4 Å². The van der Waals surface area contributed by atoms with Gasteiger partial charge in [-0.3, -0.25) is 9.78 Å². The van der Waals surface area contributed by atoms with Gasteiger partial charge in [0.15, 0.2) is 0 Å². The number of para-hydroxylation sites is 1. The van der Waals surface area contributed by atoms with E-state index in [9.17, 15) is 9.90 Å². The van der Waals surface area contributed by atoms with Crippen LogP contribution in [0, 0.1) is 5.92 Å². The molecule has 0 amide bonds. The molecule has 1 heterocycles. The van der Waals surface area contributed by atoms with E-state index in [1.807, 2.05) is 24.3 Å². The third-order valence-corrected chi connectivity index (χ3v) is 4.40. The van der Waals surface area contributed by atoms with Crippen LogP contribution < -0.4 is 0 Å². The number of carbonyl (C=O) groups is 1. The predicted molar refractivity (Wildman–Crippen MR) is 78.7 cm³/mol. The molecule has 2 unspecified atom stereocenters. The van der Waals surface area contributed by atoms with E-state index in [4.69, 9.17) is 0 Å². The second-order valence-corrected chi connectivity index (χ2v) is 5.61. The molecule has 2 atom stereocenters. The van der Waals surface area contributed by atoms with E-state index in [1.165, 1.54) is 0 Å². The monoisotopic (exact) mass is 269 g/mol. The molecule has 1 aliphatic carbocycles. The average molecular weight is 269 g/mol. The molecule has 3 nitrogen and oxygen atoms in total. The van der Waals surface area contributed by atoms with Crippen LogP contribution >= 0.6 is 0 Å². The van der Waals surface area contributed by atoms with Crippen molar-refractivity contribution < 1.29 is 9.90 Å². The Labute approximate surface area is 118 Å². The average Bonchev–Trinajstić information content (AvgIpc) is 2.72. The van der Waals surface area contributed by atoms with Crippen LogP contribution in [0.1, 0.15) is 43.6 Å². The van der Waals surface area contributed by atoms with Crippen LogP contribution in [0.5, 0.6) is 0 Å². The van der Waals surface area contributed by atoms with E-state index in [2.05, 4.69) is 11.1 Å². The van der Waals surface area contributed by atoms with Gasteiger partial charge in [-0.05, 0) is 30.4 Å². The zero-order valence-electron chi connectivity index (χ0n) is 11.5. The Hall–Kier alpha value is -1.90. The summed E-state index contributed by atoms with van der Waals surface area (Å²) >= 11 is 0. The molecule has 1 fully saturated rings. The van der Waals surface area contributed by atoms with Crippen LogP contribution in [0.25, 0.3) is 10.9 Å². The molecule has 1 saturated carbocycles. The normalized spacial score (nSPS) is 23.4. The fourth-order valence-corrected chi connectivity index (χ4v) is 3.40. The minimum Gasteiger partial charge on any atom is -0.481 e. The quantitative estimate of drug-likeness (QED) is 0.839. The highest BCUT2D eigenvalue weighted by Crippen LogP contribution is 2.39. The van der Waals surface area contributed by atoms with Crippen LogP contribution in [-0.4, -0.2) is 16.1 Å². The molecule has 0 saturated heterocycles. The fourth-order valence-electron chi connectivity index (χ4n) is 3.40. The van der Waals surface area contributed by atoms with Gasteiger partial charge in [-0.25, -0.2) is 0 Å². The number of rotatable bonds is 2. The summed E-state index contributed by atoms with van der Waals surface area (Å²) in [6.07, 6.45) is 6.79. The van der Waals surface area contributed by atoms with E-state index >= 15 is 0 Å². The van der Waals surface area contributed by atoms with E-state index in [0.29, 0.717) is 0 Å². The van der Waals surface area contributed by atoms with Gasteiger partial charge < -0.3 is 5.11 Å². The summed E-state index contributed by atoms with van der Waals surface area (Å²) in [4.78, 5) is 16.1. The van der Waals surface area contributed by atoms with Crippen molar-refractivity contribution in [3.05, 3.63) is 42.1 Å². The molecule has 1 aliphatic rings. The van der Waals surface area contributed by atoms with Crippen LogP contribution in [0.2, 0.25) is 0 Å². The first-order valence-corrected chi connectivity index (χ1v) is 7.34. The first-order chi connectivity index (χ1) is 9.77. The van der Waals surface area contributed by atoms with Gasteiger partial charge >= 0.3 is 5.97 Å². The Morgan fingerprint density at radius 3 is 2.75 bits per heavy atom. The Morgan fingerprint density at radius 1 is 1.10 bits per heavy atom. The Kier molecular flexibility index (Phi) is 3.68. The summed E-state index contributed by atoms with van der Waals surface area (Å²) in [5.41, 5.74) is 2.07. The lowest BCUT2D eigenvalue weighted by molar-refractivity contribution is -0.142. The smallest absolute Gasteiger partial charge is 0.307 e. The third kappa shape index (κ3) is 2.40. The van der Waals surface area contributed by atoms with Gasteiger partial charge in [-0.2, -0.15) is 0 Å². The van der Waals surface area contributed by atoms with Crippen molar-refractivity contribution in [2.45, 2.75) is 38.0 Å². The van der Waals surface area contributed by atoms with E-state index < -0.39 is 5.97 Å². The molecule has 1 aromatic heterocycles. The number of carboxylic acids is 1. The lowest BCUT2D eigenvalue weighted by Gasteiger charge is -2.23. The van der Waals surface area contributed by atoms with E-state index in [0.717, 1.165) is 48.6 Å². The molecule has 1 N–H and O–H groups in total. The number of aromatic nitrogens is 1. The van der Waals surface area contributed by atoms with Crippen molar-refractivity contribution in [3.8, 4) is 0 Å². The van der Waals surface area contributed by atoms with Gasteiger partial charge in [0.25, 0.3) is 0 Å². The zero-order chi connectivity index (χ0) is 13.9. The Balaban J connectivity index is 2.09. The number of carboxylic acid groups (broad SMARTS) is 1. The van der Waals surface area contributed by atoms with Crippen molar-refractivity contribution in [1.82, 2.24) is 4.98 Å². The summed E-state index contributed by atoms with van der Waals surface area (Å²) in [5.74, 6) is -0.844. The number of nitrogens with zero attached hydrogens (tertiary/aromatic N) is 1. The van der Waals surface area contributed by atoms with Crippen molar-refractivity contribution in [1.29, 1.82) is 0 Å². The minimum atomic E-state index is -0.662. The fraction of sp³-hybridized carbons (Fsp3) is 0.412. The van der Waals surface area contributed by atoms with E-state index in [-0.39, 0.29) is 11.8 Å². The molecular formula is C17H19NO2. The highest BCUT2D eigenvalue weighted by Gasteiger charge is 2.31. The largest absolute Gasteiger partial charge is 0.481 e. The summed E-state index contributed by atoms with van der Waals surface area (Å²) in [7, 11) is 0. The predicted octanol–water partition coefficient (Wildman–Crippen LogP) is 3.98. The summed E-state index contributed by atoms with van der Waals surface area (Å²) < 4.78 is 0. The van der Waals surface area contributed by atoms with Crippen LogP contribution in [0.4, 0.5) is 0 Å². The maximum absolute atomic E-state index is 11.6. The number of aliphatic carboxylic acids is 1. The van der Waals surface area contributed by atoms with Crippen LogP contribution in [0.3, 0.4) is 0 Å². The minimum absolute atomic E-state index is 0.0913. The standard InChI is InChI=1S/C17H19NO2/c19-17(20)15-9-3-1-2-8-13(15)14-10-4-6-12-7-5-11-18-16(12)14/h4-7,10-11,13,15H,1-3,8-9H2,(H,19,20). The number of benzene rings is 1. The lowest BCUT2D eigenvalue weighted by atomic mass is 9.81. The summed E-state index contributed by atoms with van der Waals surface area (Å²) in [5, 5.41) is 10.6. The van der Waals surface area contributed by atoms with Crippen LogP contribution in [0.15, 0.2) is 36.5 Å². The molecule has 0 radical (unpaired) electrons. The van der Waals surface area contributed by atoms with Gasteiger partial charge in [-0.15, -0.1) is 0 Å². The third-order valence-electron chi connectivity index (χ3n) is 4.40. The van der Waals surface area contributed by atoms with Crippen molar-refractivity contribution in [2.75, 3.05) is 0 Å². The lowest BCUT2D eigenvalue weighted by Crippen LogP contribution is -2.21. The maximum atomic E-state index is 11.6. The summed E-state index contributed by atoms with van der Waals surface area (Å²) in [6.45, 7) is 0. The molecule has 0 spiro atoms. The van der Waals surface area contributed by atoms with Crippen molar-refractivity contribution in [3.63, 3.8) is 0 Å². The second kappa shape index (κ2) is 5.61. The highest BCUT2D eigenvalue weighted by molar-refractivity contribution is 5.83. The van der Waals surface area contributed by atoms with Gasteiger partial charge in [0.1, 0.15) is 0 Å². The molecule has 0 bridgehead atoms. The number of pyridine rings is 1. The number of hydrogen-bond acceptors (Lipinski definition) is 2. The topological polar surface area (TPSA) is 50.2 Å². The molecule has 1 aromatic carbocycles. The van der Waals surface area contributed by atoms with Crippen molar-refractivity contribution >= 4 is 16.9 Å². The first kappa shape index (κ1) is 13.1. The molecule has 0 aliphatic heterocycles. The molecule has 2 aromatic rings. The van der Waals surface area contributed by atoms with Gasteiger partial charge in [0.2, 0.25) is 0 Å². The SMILES string of the molecule is O=C(O)C1CCCCCC1c1cccc2cccnc12. The Morgan fingerprint density at radius 2 is 1.90 bits per heavy atom. The van der Waals surface area contributed by atoms with Crippen LogP contribution in [-0.2, 0) is 4.79 Å². The molecule has 20 heavy (non-hydrogen) atoms. The molecule has 3 heteroatoms. The summed E-state index contributed by atoms with van der Waals surface area (Å²) in [6, 6.07) is 10.1.